The quantitative estimate of drug-likeness (QED) is 0.560. The van der Waals surface area contributed by atoms with Gasteiger partial charge in [-0.15, -0.1) is 0 Å². The third-order valence-electron chi connectivity index (χ3n) is 2.36. The lowest BCUT2D eigenvalue weighted by atomic mass is 9.61. The van der Waals surface area contributed by atoms with E-state index in [2.05, 4.69) is 0 Å². The lowest BCUT2D eigenvalue weighted by Crippen LogP contribution is -2.55. The number of hydrogen-bond acceptors (Lipinski definition) is 3. The predicted octanol–water partition coefficient (Wildman–Crippen LogP) is -0.185. The molecule has 0 aromatic carbocycles. The van der Waals surface area contributed by atoms with Gasteiger partial charge in [0.1, 0.15) is 0 Å². The summed E-state index contributed by atoms with van der Waals surface area (Å²) in [4.78, 5) is 1.82. The summed E-state index contributed by atoms with van der Waals surface area (Å²) in [5.74, 6) is 0. The highest BCUT2D eigenvalue weighted by Gasteiger charge is 2.41. The molecule has 1 rings (SSSR count). The van der Waals surface area contributed by atoms with Crippen molar-refractivity contribution in [3.8, 4) is 0 Å². The normalized spacial score (nSPS) is 28.1. The highest BCUT2D eigenvalue weighted by Crippen LogP contribution is 2.23. The highest BCUT2D eigenvalue weighted by atomic mass is 16.4. The first kappa shape index (κ1) is 9.51. The Balaban J connectivity index is 2.88. The molecule has 12 heavy (non-hydrogen) atoms. The van der Waals surface area contributed by atoms with Crippen LogP contribution < -0.4 is 0 Å². The molecule has 0 heterocycles. The van der Waals surface area contributed by atoms with Gasteiger partial charge in [-0.3, -0.25) is 0 Å². The molecule has 4 heteroatoms. The van der Waals surface area contributed by atoms with Gasteiger partial charge in [0, 0.05) is 0 Å². The lowest BCUT2D eigenvalue weighted by Gasteiger charge is -2.36. The molecule has 1 atom stereocenters. The van der Waals surface area contributed by atoms with Crippen molar-refractivity contribution in [2.24, 2.45) is 0 Å². The van der Waals surface area contributed by atoms with E-state index in [1.54, 1.807) is 0 Å². The van der Waals surface area contributed by atoms with Crippen LogP contribution in [0, 0.1) is 0 Å². The van der Waals surface area contributed by atoms with Gasteiger partial charge >= 0.3 is 7.12 Å². The van der Waals surface area contributed by atoms with E-state index in [1.807, 2.05) is 43.3 Å². The van der Waals surface area contributed by atoms with Crippen LogP contribution in [-0.2, 0) is 0 Å². The maximum absolute atomic E-state index is 9.23. The molecular formula is C8H14BNO2. The summed E-state index contributed by atoms with van der Waals surface area (Å²) in [7, 11) is 2.33. The second-order valence-electron chi connectivity index (χ2n) is 3.25. The fraction of sp³-hybridized carbons (Fsp3) is 0.500. The van der Waals surface area contributed by atoms with Gasteiger partial charge in [-0.05, 0) is 20.5 Å². The first-order valence-corrected chi connectivity index (χ1v) is 3.97. The highest BCUT2D eigenvalue weighted by molar-refractivity contribution is 6.46. The molecule has 0 fully saturated rings. The molecule has 0 bridgehead atoms. The van der Waals surface area contributed by atoms with E-state index in [4.69, 9.17) is 0 Å². The van der Waals surface area contributed by atoms with E-state index in [9.17, 15) is 10.0 Å². The minimum Gasteiger partial charge on any atom is -0.426 e. The second kappa shape index (κ2) is 3.43. The number of allylic oxidation sites excluding steroid dienone is 2. The van der Waals surface area contributed by atoms with Crippen LogP contribution in [-0.4, -0.2) is 41.6 Å². The van der Waals surface area contributed by atoms with Crippen LogP contribution in [0.1, 0.15) is 6.42 Å². The Labute approximate surface area is 73.1 Å². The van der Waals surface area contributed by atoms with Gasteiger partial charge in [0.2, 0.25) is 0 Å². The molecule has 1 aliphatic rings. The third kappa shape index (κ3) is 1.46. The van der Waals surface area contributed by atoms with Crippen molar-refractivity contribution in [2.45, 2.75) is 11.9 Å². The summed E-state index contributed by atoms with van der Waals surface area (Å²) in [5, 5.41) is 18.5. The zero-order chi connectivity index (χ0) is 9.19. The Bertz CT molecular complexity index is 203. The smallest absolute Gasteiger partial charge is 0.426 e. The van der Waals surface area contributed by atoms with Gasteiger partial charge in [-0.2, -0.15) is 0 Å². The van der Waals surface area contributed by atoms with Gasteiger partial charge in [-0.25, -0.2) is 0 Å². The molecule has 66 valence electrons. The van der Waals surface area contributed by atoms with Gasteiger partial charge in [0.15, 0.2) is 0 Å². The summed E-state index contributed by atoms with van der Waals surface area (Å²) in [6.45, 7) is 0. The zero-order valence-electron chi connectivity index (χ0n) is 7.44. The minimum absolute atomic E-state index is 0.633. The SMILES string of the molecule is CN(C)C1(B(O)O)C=CC=CC1. The molecule has 0 radical (unpaired) electrons. The van der Waals surface area contributed by atoms with E-state index in [1.165, 1.54) is 0 Å². The van der Waals surface area contributed by atoms with Crippen LogP contribution in [0.25, 0.3) is 0 Å². The summed E-state index contributed by atoms with van der Waals surface area (Å²) in [5.41, 5.74) is -0.644. The van der Waals surface area contributed by atoms with Gasteiger partial charge in [0.25, 0.3) is 0 Å². The van der Waals surface area contributed by atoms with Crippen LogP contribution >= 0.6 is 0 Å². The first-order chi connectivity index (χ1) is 5.59. The summed E-state index contributed by atoms with van der Waals surface area (Å²) in [6.07, 6.45) is 8.12. The molecule has 0 aromatic heterocycles. The van der Waals surface area contributed by atoms with E-state index in [0.717, 1.165) is 0 Å². The van der Waals surface area contributed by atoms with Crippen LogP contribution in [0.4, 0.5) is 0 Å². The molecule has 1 aliphatic carbocycles. The molecule has 1 unspecified atom stereocenters. The molecule has 0 aromatic rings. The Morgan fingerprint density at radius 3 is 2.25 bits per heavy atom. The standard InChI is InChI=1S/C8H14BNO2/c1-10(2)8(9(11)12)6-4-3-5-7-8/h3-6,11-12H,7H2,1-2H3. The average molecular weight is 167 g/mol. The average Bonchev–Trinajstić information content (AvgIpc) is 2.05. The number of hydrogen-bond donors (Lipinski definition) is 2. The predicted molar refractivity (Wildman–Crippen MR) is 49.5 cm³/mol. The number of likely N-dealkylation sites (N-methyl/N-ethyl adjacent to an activating group) is 1. The maximum atomic E-state index is 9.23. The van der Waals surface area contributed by atoms with E-state index in [0.29, 0.717) is 6.42 Å². The van der Waals surface area contributed by atoms with Crippen LogP contribution in [0.3, 0.4) is 0 Å². The Morgan fingerprint density at radius 1 is 1.33 bits per heavy atom. The Kier molecular flexibility index (Phi) is 2.72. The monoisotopic (exact) mass is 167 g/mol. The van der Waals surface area contributed by atoms with Gasteiger partial charge in [-0.1, -0.05) is 24.3 Å². The zero-order valence-corrected chi connectivity index (χ0v) is 7.44. The lowest BCUT2D eigenvalue weighted by molar-refractivity contribution is 0.226. The van der Waals surface area contributed by atoms with E-state index in [-0.39, 0.29) is 0 Å². The van der Waals surface area contributed by atoms with Gasteiger partial charge in [0.05, 0.1) is 5.44 Å². The largest absolute Gasteiger partial charge is 0.477 e. The van der Waals surface area contributed by atoms with Crippen LogP contribution in [0.2, 0.25) is 0 Å². The maximum Gasteiger partial charge on any atom is 0.477 e. The summed E-state index contributed by atoms with van der Waals surface area (Å²) in [6, 6.07) is 0. The van der Waals surface area contributed by atoms with Crippen molar-refractivity contribution in [3.63, 3.8) is 0 Å². The van der Waals surface area contributed by atoms with Crippen LogP contribution in [0.5, 0.6) is 0 Å². The molecule has 3 nitrogen and oxygen atoms in total. The summed E-state index contributed by atoms with van der Waals surface area (Å²) >= 11 is 0. The Hall–Kier alpha value is -0.575. The first-order valence-electron chi connectivity index (χ1n) is 3.97. The molecule has 0 amide bonds. The molecule has 0 aliphatic heterocycles. The number of rotatable bonds is 2. The fourth-order valence-electron chi connectivity index (χ4n) is 1.38. The van der Waals surface area contributed by atoms with E-state index >= 15 is 0 Å². The topological polar surface area (TPSA) is 43.7 Å². The molecule has 0 saturated heterocycles. The van der Waals surface area contributed by atoms with E-state index < -0.39 is 12.6 Å². The van der Waals surface area contributed by atoms with Crippen molar-refractivity contribution in [3.05, 3.63) is 24.3 Å². The Morgan fingerprint density at radius 2 is 2.00 bits per heavy atom. The van der Waals surface area contributed by atoms with Crippen molar-refractivity contribution >= 4 is 7.12 Å². The molecule has 0 saturated carbocycles. The second-order valence-corrected chi connectivity index (χ2v) is 3.25. The molecule has 0 spiro atoms. The van der Waals surface area contributed by atoms with Crippen molar-refractivity contribution in [2.75, 3.05) is 14.1 Å². The van der Waals surface area contributed by atoms with Crippen LogP contribution in [0.15, 0.2) is 24.3 Å². The number of nitrogens with zero attached hydrogens (tertiary/aromatic N) is 1. The third-order valence-corrected chi connectivity index (χ3v) is 2.36. The fourth-order valence-corrected chi connectivity index (χ4v) is 1.38. The summed E-state index contributed by atoms with van der Waals surface area (Å²) < 4.78 is 0. The van der Waals surface area contributed by atoms with Crippen molar-refractivity contribution < 1.29 is 10.0 Å². The van der Waals surface area contributed by atoms with Crippen molar-refractivity contribution in [1.82, 2.24) is 4.90 Å². The molecule has 2 N–H and O–H groups in total. The van der Waals surface area contributed by atoms with Gasteiger partial charge < -0.3 is 14.9 Å². The minimum atomic E-state index is -1.34. The molecular weight excluding hydrogens is 153 g/mol. The van der Waals surface area contributed by atoms with Crippen molar-refractivity contribution in [1.29, 1.82) is 0 Å².